The fourth-order valence-electron chi connectivity index (χ4n) is 3.47. The van der Waals surface area contributed by atoms with E-state index in [9.17, 15) is 0 Å². The zero-order valence-electron chi connectivity index (χ0n) is 11.4. The smallest absolute Gasteiger partial charge is 0.0404 e. The molecule has 1 fully saturated rings. The molecule has 2 aliphatic heterocycles. The van der Waals surface area contributed by atoms with Crippen molar-refractivity contribution in [3.05, 3.63) is 29.8 Å². The second kappa shape index (κ2) is 5.31. The lowest BCUT2D eigenvalue weighted by atomic mass is 9.90. The van der Waals surface area contributed by atoms with E-state index in [0.29, 0.717) is 0 Å². The van der Waals surface area contributed by atoms with Crippen molar-refractivity contribution < 1.29 is 0 Å². The van der Waals surface area contributed by atoms with Gasteiger partial charge in [-0.05, 0) is 56.3 Å². The van der Waals surface area contributed by atoms with Crippen molar-refractivity contribution in [1.29, 1.82) is 0 Å². The molecular formula is C16H24N2. The molecule has 0 bridgehead atoms. The van der Waals surface area contributed by atoms with Crippen LogP contribution >= 0.6 is 0 Å². The fraction of sp³-hybridized carbons (Fsp3) is 0.625. The third kappa shape index (κ3) is 2.26. The molecule has 2 nitrogen and oxygen atoms in total. The summed E-state index contributed by atoms with van der Waals surface area (Å²) >= 11 is 0. The van der Waals surface area contributed by atoms with Gasteiger partial charge in [-0.1, -0.05) is 25.1 Å². The summed E-state index contributed by atoms with van der Waals surface area (Å²) in [6, 6.07) is 9.77. The molecule has 0 aliphatic carbocycles. The van der Waals surface area contributed by atoms with Crippen molar-refractivity contribution in [2.24, 2.45) is 0 Å². The van der Waals surface area contributed by atoms with Crippen LogP contribution in [0.2, 0.25) is 0 Å². The summed E-state index contributed by atoms with van der Waals surface area (Å²) in [4.78, 5) is 2.68. The highest BCUT2D eigenvalue weighted by Gasteiger charge is 2.27. The summed E-state index contributed by atoms with van der Waals surface area (Å²) in [5.41, 5.74) is 3.06. The van der Waals surface area contributed by atoms with Gasteiger partial charge in [0, 0.05) is 18.3 Å². The van der Waals surface area contributed by atoms with Crippen LogP contribution in [0.15, 0.2) is 24.3 Å². The quantitative estimate of drug-likeness (QED) is 0.816. The number of rotatable bonds is 1. The van der Waals surface area contributed by atoms with Crippen molar-refractivity contribution in [3.8, 4) is 0 Å². The number of benzene rings is 1. The van der Waals surface area contributed by atoms with Gasteiger partial charge < -0.3 is 10.2 Å². The second-order valence-electron chi connectivity index (χ2n) is 5.78. The molecule has 0 spiro atoms. The molecular weight excluding hydrogens is 220 g/mol. The molecule has 0 amide bonds. The normalized spacial score (nSPS) is 28.6. The van der Waals surface area contributed by atoms with Crippen LogP contribution in [-0.4, -0.2) is 25.7 Å². The average Bonchev–Trinajstić information content (AvgIpc) is 2.68. The molecule has 0 aromatic heterocycles. The average molecular weight is 244 g/mol. The molecule has 2 heterocycles. The van der Waals surface area contributed by atoms with Crippen LogP contribution in [0.3, 0.4) is 0 Å². The lowest BCUT2D eigenvalue weighted by molar-refractivity contribution is 0.496. The molecule has 1 saturated heterocycles. The summed E-state index contributed by atoms with van der Waals surface area (Å²) in [5.74, 6) is 0.723. The van der Waals surface area contributed by atoms with E-state index in [4.69, 9.17) is 0 Å². The number of hydrogen-bond donors (Lipinski definition) is 1. The monoisotopic (exact) mass is 244 g/mol. The number of hydrogen-bond acceptors (Lipinski definition) is 2. The Morgan fingerprint density at radius 3 is 2.94 bits per heavy atom. The van der Waals surface area contributed by atoms with Gasteiger partial charge in [0.05, 0.1) is 0 Å². The van der Waals surface area contributed by atoms with E-state index >= 15 is 0 Å². The van der Waals surface area contributed by atoms with E-state index in [0.717, 1.165) is 12.0 Å². The highest BCUT2D eigenvalue weighted by molar-refractivity contribution is 5.57. The minimum absolute atomic E-state index is 0.723. The maximum absolute atomic E-state index is 3.52. The van der Waals surface area contributed by atoms with Gasteiger partial charge in [0.25, 0.3) is 0 Å². The van der Waals surface area contributed by atoms with E-state index < -0.39 is 0 Å². The number of nitrogens with zero attached hydrogens (tertiary/aromatic N) is 1. The number of nitrogens with one attached hydrogen (secondary N) is 1. The van der Waals surface area contributed by atoms with Gasteiger partial charge in [-0.25, -0.2) is 0 Å². The minimum atomic E-state index is 0.723. The van der Waals surface area contributed by atoms with Crippen molar-refractivity contribution >= 4 is 5.69 Å². The van der Waals surface area contributed by atoms with Crippen LogP contribution in [0.5, 0.6) is 0 Å². The Morgan fingerprint density at radius 2 is 2.00 bits per heavy atom. The molecule has 98 valence electrons. The van der Waals surface area contributed by atoms with Crippen molar-refractivity contribution in [2.75, 3.05) is 24.5 Å². The summed E-state index contributed by atoms with van der Waals surface area (Å²) in [6.45, 7) is 5.98. The van der Waals surface area contributed by atoms with Crippen LogP contribution in [0.4, 0.5) is 5.69 Å². The third-order valence-corrected chi connectivity index (χ3v) is 4.57. The predicted octanol–water partition coefficient (Wildman–Crippen LogP) is 3.14. The van der Waals surface area contributed by atoms with Gasteiger partial charge >= 0.3 is 0 Å². The Hall–Kier alpha value is -1.02. The molecule has 2 aliphatic rings. The Balaban J connectivity index is 1.86. The van der Waals surface area contributed by atoms with Crippen molar-refractivity contribution in [2.45, 2.75) is 44.6 Å². The van der Waals surface area contributed by atoms with E-state index in [1.165, 1.54) is 51.0 Å². The molecule has 2 heteroatoms. The van der Waals surface area contributed by atoms with E-state index in [-0.39, 0.29) is 0 Å². The lowest BCUT2D eigenvalue weighted by Gasteiger charge is -2.40. The van der Waals surface area contributed by atoms with Gasteiger partial charge in [0.1, 0.15) is 0 Å². The second-order valence-corrected chi connectivity index (χ2v) is 5.78. The third-order valence-electron chi connectivity index (χ3n) is 4.57. The van der Waals surface area contributed by atoms with Crippen LogP contribution in [0.25, 0.3) is 0 Å². The molecule has 1 aromatic rings. The first-order valence-corrected chi connectivity index (χ1v) is 7.42. The molecule has 18 heavy (non-hydrogen) atoms. The predicted molar refractivity (Wildman–Crippen MR) is 77.3 cm³/mol. The molecule has 1 aromatic carbocycles. The van der Waals surface area contributed by atoms with Crippen LogP contribution < -0.4 is 10.2 Å². The standard InChI is InChI=1S/C16H24N2/c1-13-9-12-18(14-5-4-10-17-11-8-14)16-7-3-2-6-15(13)16/h2-3,6-7,13-14,17H,4-5,8-12H2,1H3. The zero-order chi connectivity index (χ0) is 12.4. The molecule has 3 rings (SSSR count). The Kier molecular flexibility index (Phi) is 3.55. The van der Waals surface area contributed by atoms with Crippen molar-refractivity contribution in [3.63, 3.8) is 0 Å². The highest BCUT2D eigenvalue weighted by Crippen LogP contribution is 2.37. The number of anilines is 1. The summed E-state index contributed by atoms with van der Waals surface area (Å²) in [5, 5.41) is 3.52. The zero-order valence-corrected chi connectivity index (χ0v) is 11.4. The van der Waals surface area contributed by atoms with Crippen molar-refractivity contribution in [1.82, 2.24) is 5.32 Å². The Morgan fingerprint density at radius 1 is 1.11 bits per heavy atom. The lowest BCUT2D eigenvalue weighted by Crippen LogP contribution is -2.40. The largest absolute Gasteiger partial charge is 0.368 e. The van der Waals surface area contributed by atoms with Gasteiger partial charge in [0.15, 0.2) is 0 Å². The highest BCUT2D eigenvalue weighted by atomic mass is 15.2. The van der Waals surface area contributed by atoms with Crippen LogP contribution in [-0.2, 0) is 0 Å². The Bertz CT molecular complexity index is 394. The first-order chi connectivity index (χ1) is 8.86. The number of fused-ring (bicyclic) bond motifs is 1. The van der Waals surface area contributed by atoms with E-state index in [1.54, 1.807) is 5.56 Å². The SMILES string of the molecule is CC1CCN(C2CCCNCC2)c2ccccc21. The summed E-state index contributed by atoms with van der Waals surface area (Å²) in [7, 11) is 0. The summed E-state index contributed by atoms with van der Waals surface area (Å²) < 4.78 is 0. The molecule has 1 N–H and O–H groups in total. The first kappa shape index (κ1) is 12.0. The minimum Gasteiger partial charge on any atom is -0.368 e. The van der Waals surface area contributed by atoms with Crippen LogP contribution in [0, 0.1) is 0 Å². The topological polar surface area (TPSA) is 15.3 Å². The maximum Gasteiger partial charge on any atom is 0.0404 e. The molecule has 2 atom stereocenters. The van der Waals surface area contributed by atoms with E-state index in [2.05, 4.69) is 41.4 Å². The molecule has 0 saturated carbocycles. The van der Waals surface area contributed by atoms with Gasteiger partial charge in [0.2, 0.25) is 0 Å². The van der Waals surface area contributed by atoms with Gasteiger partial charge in [-0.15, -0.1) is 0 Å². The first-order valence-electron chi connectivity index (χ1n) is 7.42. The molecule has 2 unspecified atom stereocenters. The van der Waals surface area contributed by atoms with Gasteiger partial charge in [-0.3, -0.25) is 0 Å². The fourth-order valence-corrected chi connectivity index (χ4v) is 3.47. The Labute approximate surface area is 110 Å². The van der Waals surface area contributed by atoms with Gasteiger partial charge in [-0.2, -0.15) is 0 Å². The molecule has 0 radical (unpaired) electrons. The number of para-hydroxylation sites is 1. The van der Waals surface area contributed by atoms with E-state index in [1.807, 2.05) is 0 Å². The van der Waals surface area contributed by atoms with Crippen LogP contribution in [0.1, 0.15) is 44.1 Å². The summed E-state index contributed by atoms with van der Waals surface area (Å²) in [6.07, 6.45) is 5.26. The maximum atomic E-state index is 3.52.